The van der Waals surface area contributed by atoms with E-state index >= 15 is 0 Å². The number of hydrogen-bond acceptors (Lipinski definition) is 6. The van der Waals surface area contributed by atoms with Gasteiger partial charge in [0.15, 0.2) is 0 Å². The second-order valence-corrected chi connectivity index (χ2v) is 5.53. The smallest absolute Gasteiger partial charge is 0.258 e. The molecule has 1 unspecified atom stereocenters. The van der Waals surface area contributed by atoms with Crippen LogP contribution in [0, 0.1) is 11.3 Å². The lowest BCUT2D eigenvalue weighted by molar-refractivity contribution is 0.0677. The lowest BCUT2D eigenvalue weighted by Gasteiger charge is -2.18. The van der Waals surface area contributed by atoms with Crippen molar-refractivity contribution in [2.75, 3.05) is 18.1 Å². The van der Waals surface area contributed by atoms with Crippen LogP contribution in [0.3, 0.4) is 0 Å². The first-order valence-electron chi connectivity index (χ1n) is 6.36. The normalized spacial score (nSPS) is 18.6. The van der Waals surface area contributed by atoms with E-state index in [0.29, 0.717) is 24.7 Å². The van der Waals surface area contributed by atoms with Crippen molar-refractivity contribution in [2.24, 2.45) is 0 Å². The number of aromatic nitrogens is 2. The summed E-state index contributed by atoms with van der Waals surface area (Å²) in [7, 11) is 0. The van der Waals surface area contributed by atoms with Gasteiger partial charge in [0.05, 0.1) is 19.1 Å². The van der Waals surface area contributed by atoms with Gasteiger partial charge in [0, 0.05) is 17.1 Å². The van der Waals surface area contributed by atoms with E-state index in [9.17, 15) is 0 Å². The molecule has 0 N–H and O–H groups in total. The van der Waals surface area contributed by atoms with Crippen molar-refractivity contribution in [3.63, 3.8) is 0 Å². The number of rotatable bonds is 3. The third-order valence-corrected chi connectivity index (χ3v) is 4.06. The topological polar surface area (TPSA) is 71.9 Å². The van der Waals surface area contributed by atoms with E-state index in [4.69, 9.17) is 14.5 Å². The molecule has 0 aliphatic carbocycles. The Bertz CT molecular complexity index is 629. The number of benzene rings is 1. The molecule has 6 heteroatoms. The Kier molecular flexibility index (Phi) is 4.00. The summed E-state index contributed by atoms with van der Waals surface area (Å²) in [6.45, 7) is 0.713. The molecule has 1 aliphatic rings. The second kappa shape index (κ2) is 6.07. The number of thioether (sulfide) groups is 1. The predicted octanol–water partition coefficient (Wildman–Crippen LogP) is 2.61. The van der Waals surface area contributed by atoms with E-state index in [0.717, 1.165) is 22.6 Å². The van der Waals surface area contributed by atoms with E-state index in [1.807, 2.05) is 36.0 Å². The lowest BCUT2D eigenvalue weighted by atomic mass is 10.1. The van der Waals surface area contributed by atoms with Gasteiger partial charge in [0.25, 0.3) is 5.89 Å². The van der Waals surface area contributed by atoms with Gasteiger partial charge in [-0.15, -0.1) is 0 Å². The average Bonchev–Trinajstić information content (AvgIpc) is 2.99. The summed E-state index contributed by atoms with van der Waals surface area (Å²) >= 11 is 1.82. The minimum atomic E-state index is -0.102. The predicted molar refractivity (Wildman–Crippen MR) is 75.1 cm³/mol. The van der Waals surface area contributed by atoms with Crippen molar-refractivity contribution >= 4 is 11.8 Å². The lowest BCUT2D eigenvalue weighted by Crippen LogP contribution is -2.16. The zero-order chi connectivity index (χ0) is 13.8. The first kappa shape index (κ1) is 13.2. The summed E-state index contributed by atoms with van der Waals surface area (Å²) in [6, 6.07) is 9.73. The Morgan fingerprint density at radius 3 is 3.10 bits per heavy atom. The molecule has 1 aromatic heterocycles. The van der Waals surface area contributed by atoms with Gasteiger partial charge in [0.2, 0.25) is 5.82 Å². The highest BCUT2D eigenvalue weighted by molar-refractivity contribution is 7.99. The minimum Gasteiger partial charge on any atom is -0.368 e. The molecule has 1 aromatic carbocycles. The fraction of sp³-hybridized carbons (Fsp3) is 0.357. The van der Waals surface area contributed by atoms with Crippen LogP contribution in [0.2, 0.25) is 0 Å². The van der Waals surface area contributed by atoms with Crippen LogP contribution in [0.15, 0.2) is 28.8 Å². The number of ether oxygens (including phenoxy) is 1. The van der Waals surface area contributed by atoms with Crippen LogP contribution >= 0.6 is 11.8 Å². The van der Waals surface area contributed by atoms with E-state index in [1.54, 1.807) is 0 Å². The molecule has 0 radical (unpaired) electrons. The molecule has 1 atom stereocenters. The Hall–Kier alpha value is -1.84. The highest BCUT2D eigenvalue weighted by Gasteiger charge is 2.23. The Labute approximate surface area is 120 Å². The first-order valence-corrected chi connectivity index (χ1v) is 7.52. The van der Waals surface area contributed by atoms with E-state index in [1.165, 1.54) is 0 Å². The fourth-order valence-electron chi connectivity index (χ4n) is 2.08. The van der Waals surface area contributed by atoms with Crippen LogP contribution in [0.25, 0.3) is 11.5 Å². The van der Waals surface area contributed by atoms with Gasteiger partial charge in [-0.05, 0) is 11.6 Å². The van der Waals surface area contributed by atoms with Gasteiger partial charge >= 0.3 is 0 Å². The molecule has 102 valence electrons. The third kappa shape index (κ3) is 2.69. The van der Waals surface area contributed by atoms with Crippen LogP contribution < -0.4 is 0 Å². The van der Waals surface area contributed by atoms with Crippen LogP contribution in [0.4, 0.5) is 0 Å². The van der Waals surface area contributed by atoms with Gasteiger partial charge in [0.1, 0.15) is 6.10 Å². The monoisotopic (exact) mass is 287 g/mol. The Morgan fingerprint density at radius 2 is 2.30 bits per heavy atom. The van der Waals surface area contributed by atoms with E-state index < -0.39 is 0 Å². The number of nitrogens with zero attached hydrogens (tertiary/aromatic N) is 3. The second-order valence-electron chi connectivity index (χ2n) is 4.38. The summed E-state index contributed by atoms with van der Waals surface area (Å²) < 4.78 is 11.0. The maximum Gasteiger partial charge on any atom is 0.258 e. The highest BCUT2D eigenvalue weighted by Crippen LogP contribution is 2.28. The molecule has 0 amide bonds. The number of nitriles is 1. The molecular weight excluding hydrogens is 274 g/mol. The maximum absolute atomic E-state index is 8.86. The molecule has 3 rings (SSSR count). The molecule has 1 saturated heterocycles. The maximum atomic E-state index is 8.86. The summed E-state index contributed by atoms with van der Waals surface area (Å²) in [5.74, 6) is 2.88. The fourth-order valence-corrected chi connectivity index (χ4v) is 2.92. The summed E-state index contributed by atoms with van der Waals surface area (Å²) in [5, 5.41) is 12.9. The molecule has 5 nitrogen and oxygen atoms in total. The molecule has 1 fully saturated rings. The Balaban J connectivity index is 1.88. The zero-order valence-electron chi connectivity index (χ0n) is 10.8. The molecule has 1 aliphatic heterocycles. The van der Waals surface area contributed by atoms with Gasteiger partial charge in [-0.25, -0.2) is 0 Å². The van der Waals surface area contributed by atoms with Crippen LogP contribution in [-0.2, 0) is 11.2 Å². The summed E-state index contributed by atoms with van der Waals surface area (Å²) in [6.07, 6.45) is 0.221. The first-order chi connectivity index (χ1) is 9.88. The summed E-state index contributed by atoms with van der Waals surface area (Å²) in [5.41, 5.74) is 1.71. The van der Waals surface area contributed by atoms with Gasteiger partial charge < -0.3 is 9.26 Å². The van der Waals surface area contributed by atoms with Crippen LogP contribution in [-0.4, -0.2) is 28.3 Å². The van der Waals surface area contributed by atoms with Crippen molar-refractivity contribution in [3.8, 4) is 17.5 Å². The highest BCUT2D eigenvalue weighted by atomic mass is 32.2. The van der Waals surface area contributed by atoms with Gasteiger partial charge in [-0.1, -0.05) is 23.4 Å². The molecule has 2 heterocycles. The van der Waals surface area contributed by atoms with Crippen LogP contribution in [0.1, 0.15) is 17.5 Å². The summed E-state index contributed by atoms with van der Waals surface area (Å²) in [4.78, 5) is 4.42. The van der Waals surface area contributed by atoms with Crippen LogP contribution in [0.5, 0.6) is 0 Å². The van der Waals surface area contributed by atoms with E-state index in [-0.39, 0.29) is 6.10 Å². The van der Waals surface area contributed by atoms with Crippen molar-refractivity contribution in [2.45, 2.75) is 12.5 Å². The SMILES string of the molecule is N#CCc1ccccc1-c1nc(C2CSCCO2)no1. The molecule has 0 saturated carbocycles. The van der Waals surface area contributed by atoms with Crippen molar-refractivity contribution in [3.05, 3.63) is 35.7 Å². The molecule has 0 spiro atoms. The standard InChI is InChI=1S/C14H13N3O2S/c15-6-5-10-3-1-2-4-11(10)14-16-13(17-19-14)12-9-20-8-7-18-12/h1-4,12H,5,7-9H2. The largest absolute Gasteiger partial charge is 0.368 e. The molecule has 2 aromatic rings. The minimum absolute atomic E-state index is 0.102. The third-order valence-electron chi connectivity index (χ3n) is 3.06. The average molecular weight is 287 g/mol. The number of hydrogen-bond donors (Lipinski definition) is 0. The molecular formula is C14H13N3O2S. The Morgan fingerprint density at radius 1 is 1.40 bits per heavy atom. The van der Waals surface area contributed by atoms with Gasteiger partial charge in [-0.3, -0.25) is 0 Å². The van der Waals surface area contributed by atoms with Crippen molar-refractivity contribution in [1.29, 1.82) is 5.26 Å². The quantitative estimate of drug-likeness (QED) is 0.864. The molecule has 0 bridgehead atoms. The van der Waals surface area contributed by atoms with Crippen molar-refractivity contribution in [1.82, 2.24) is 10.1 Å². The zero-order valence-corrected chi connectivity index (χ0v) is 11.6. The van der Waals surface area contributed by atoms with E-state index in [2.05, 4.69) is 16.2 Å². The van der Waals surface area contributed by atoms with Crippen molar-refractivity contribution < 1.29 is 9.26 Å². The molecule has 20 heavy (non-hydrogen) atoms. The van der Waals surface area contributed by atoms with Gasteiger partial charge in [-0.2, -0.15) is 22.0 Å².